The van der Waals surface area contributed by atoms with E-state index in [2.05, 4.69) is 31.9 Å². The van der Waals surface area contributed by atoms with Crippen molar-refractivity contribution in [3.63, 3.8) is 0 Å². The van der Waals surface area contributed by atoms with E-state index in [1.165, 1.54) is 13.2 Å². The highest BCUT2D eigenvalue weighted by molar-refractivity contribution is 7.91. The lowest BCUT2D eigenvalue weighted by Crippen LogP contribution is -2.52. The van der Waals surface area contributed by atoms with Gasteiger partial charge in [-0.15, -0.1) is 0 Å². The zero-order chi connectivity index (χ0) is 25.7. The first-order chi connectivity index (χ1) is 15.4. The number of alkyl halides is 3. The molecule has 2 saturated carbocycles. The summed E-state index contributed by atoms with van der Waals surface area (Å²) in [6.45, 7) is 8.70. The molecule has 4 atom stereocenters. The summed E-state index contributed by atoms with van der Waals surface area (Å²) in [5, 5.41) is 0. The molecule has 6 nitrogen and oxygen atoms in total. The Bertz CT molecular complexity index is 1130. The summed E-state index contributed by atoms with van der Waals surface area (Å²) in [6.07, 6.45) is 4.96. The highest BCUT2D eigenvalue weighted by Crippen LogP contribution is 2.61. The minimum absolute atomic E-state index is 0.0953. The van der Waals surface area contributed by atoms with Crippen LogP contribution >= 0.6 is 0 Å². The van der Waals surface area contributed by atoms with Crippen LogP contribution in [-0.4, -0.2) is 35.2 Å². The molecule has 0 aromatic heterocycles. The van der Waals surface area contributed by atoms with Crippen LogP contribution < -0.4 is 8.92 Å². The van der Waals surface area contributed by atoms with Crippen molar-refractivity contribution < 1.29 is 38.9 Å². The van der Waals surface area contributed by atoms with Crippen LogP contribution in [0.3, 0.4) is 0 Å². The second kappa shape index (κ2) is 8.87. The van der Waals surface area contributed by atoms with E-state index in [1.54, 1.807) is 0 Å². The number of methoxy groups -OCH3 is 1. The van der Waals surface area contributed by atoms with Crippen molar-refractivity contribution in [2.24, 2.45) is 28.6 Å². The van der Waals surface area contributed by atoms with Gasteiger partial charge in [0.05, 0.1) is 17.8 Å². The Balaban J connectivity index is 1.98. The van der Waals surface area contributed by atoms with Crippen LogP contribution in [-0.2, 0) is 20.0 Å². The van der Waals surface area contributed by atoms with Gasteiger partial charge in [-0.1, -0.05) is 40.5 Å². The summed E-state index contributed by atoms with van der Waals surface area (Å²) in [5.41, 5.74) is -5.74. The van der Waals surface area contributed by atoms with E-state index in [-0.39, 0.29) is 39.1 Å². The average molecular weight is 527 g/mol. The molecular weight excluding hydrogens is 493 g/mol. The van der Waals surface area contributed by atoms with Crippen molar-refractivity contribution in [2.75, 3.05) is 12.9 Å². The highest BCUT2D eigenvalue weighted by atomic mass is 32.2. The molecule has 4 unspecified atom stereocenters. The molecule has 0 heterocycles. The highest BCUT2D eigenvalue weighted by Gasteiger charge is 2.54. The summed E-state index contributed by atoms with van der Waals surface area (Å²) in [6, 6.07) is 2.91. The quantitative estimate of drug-likeness (QED) is 0.356. The summed E-state index contributed by atoms with van der Waals surface area (Å²) in [5.74, 6) is -0.702. The zero-order valence-electron chi connectivity index (χ0n) is 20.1. The van der Waals surface area contributed by atoms with E-state index in [1.807, 2.05) is 0 Å². The Hall–Kier alpha value is -1.49. The van der Waals surface area contributed by atoms with Crippen LogP contribution in [0.5, 0.6) is 11.5 Å². The number of rotatable bonds is 6. The van der Waals surface area contributed by atoms with Crippen LogP contribution in [0.1, 0.15) is 59.8 Å². The lowest BCUT2D eigenvalue weighted by molar-refractivity contribution is -0.0855. The minimum Gasteiger partial charge on any atom is -0.497 e. The van der Waals surface area contributed by atoms with Gasteiger partial charge in [-0.2, -0.15) is 21.6 Å². The molecule has 11 heteroatoms. The Kier molecular flexibility index (Phi) is 7.07. The van der Waals surface area contributed by atoms with Crippen LogP contribution in [0, 0.1) is 28.6 Å². The molecular formula is C23H33F3O6S2. The molecule has 0 radical (unpaired) electrons. The van der Waals surface area contributed by atoms with Gasteiger partial charge in [0.2, 0.25) is 0 Å². The zero-order valence-corrected chi connectivity index (χ0v) is 21.7. The fourth-order valence-corrected chi connectivity index (χ4v) is 8.77. The molecule has 0 spiro atoms. The summed E-state index contributed by atoms with van der Waals surface area (Å²) >= 11 is 0. The van der Waals surface area contributed by atoms with Gasteiger partial charge in [0.25, 0.3) is 0 Å². The third-order valence-electron chi connectivity index (χ3n) is 8.06. The second-order valence-corrected chi connectivity index (χ2v) is 14.2. The maximum atomic E-state index is 13.5. The normalized spacial score (nSPS) is 29.8. The maximum absolute atomic E-state index is 13.5. The second-order valence-electron chi connectivity index (χ2n) is 10.7. The monoisotopic (exact) mass is 526 g/mol. The number of fused-ring (bicyclic) bond motifs is 1. The third-order valence-corrected chi connectivity index (χ3v) is 10.8. The van der Waals surface area contributed by atoms with Crippen molar-refractivity contribution in [2.45, 2.75) is 70.2 Å². The van der Waals surface area contributed by atoms with Gasteiger partial charge < -0.3 is 8.92 Å². The van der Waals surface area contributed by atoms with Crippen LogP contribution in [0.4, 0.5) is 13.2 Å². The molecule has 0 N–H and O–H groups in total. The average Bonchev–Trinajstić information content (AvgIpc) is 2.68. The summed E-state index contributed by atoms with van der Waals surface area (Å²) in [7, 11) is -8.76. The fourth-order valence-electron chi connectivity index (χ4n) is 6.36. The van der Waals surface area contributed by atoms with E-state index in [0.717, 1.165) is 44.2 Å². The molecule has 0 aliphatic heterocycles. The molecule has 34 heavy (non-hydrogen) atoms. The van der Waals surface area contributed by atoms with E-state index >= 15 is 0 Å². The Morgan fingerprint density at radius 3 is 2.21 bits per heavy atom. The van der Waals surface area contributed by atoms with Crippen LogP contribution in [0.15, 0.2) is 23.1 Å². The summed E-state index contributed by atoms with van der Waals surface area (Å²) < 4.78 is 97.5. The predicted octanol–water partition coefficient (Wildman–Crippen LogP) is 5.58. The topological polar surface area (TPSA) is 86.7 Å². The van der Waals surface area contributed by atoms with E-state index in [9.17, 15) is 30.0 Å². The lowest BCUT2D eigenvalue weighted by atomic mass is 9.47. The van der Waals surface area contributed by atoms with Crippen molar-refractivity contribution in [1.82, 2.24) is 0 Å². The minimum atomic E-state index is -5.96. The van der Waals surface area contributed by atoms with Gasteiger partial charge in [0.15, 0.2) is 9.84 Å². The third kappa shape index (κ3) is 5.05. The number of halogens is 3. The SMILES string of the molecule is COc1cc(OS(=O)(=O)C(F)(F)F)cc(S(=O)(=O)CC2C(C)CCC3C(C)(C)CCCC23C)c1. The number of ether oxygens (including phenoxy) is 1. The van der Waals surface area contributed by atoms with E-state index < -0.39 is 31.2 Å². The van der Waals surface area contributed by atoms with Gasteiger partial charge in [0.1, 0.15) is 11.5 Å². The summed E-state index contributed by atoms with van der Waals surface area (Å²) in [4.78, 5) is -0.327. The first-order valence-corrected chi connectivity index (χ1v) is 14.4. The van der Waals surface area contributed by atoms with Crippen LogP contribution in [0.2, 0.25) is 0 Å². The fraction of sp³-hybridized carbons (Fsp3) is 0.739. The Morgan fingerprint density at radius 1 is 1.00 bits per heavy atom. The number of hydrogen-bond acceptors (Lipinski definition) is 6. The smallest absolute Gasteiger partial charge is 0.497 e. The number of hydrogen-bond donors (Lipinski definition) is 0. The van der Waals surface area contributed by atoms with E-state index in [0.29, 0.717) is 5.92 Å². The molecule has 1 aromatic rings. The molecule has 1 aromatic carbocycles. The van der Waals surface area contributed by atoms with Crippen molar-refractivity contribution in [3.8, 4) is 11.5 Å². The Labute approximate surface area is 200 Å². The molecule has 2 aliphatic carbocycles. The van der Waals surface area contributed by atoms with E-state index in [4.69, 9.17) is 4.74 Å². The van der Waals surface area contributed by atoms with Gasteiger partial charge in [-0.05, 0) is 53.9 Å². The van der Waals surface area contributed by atoms with Gasteiger partial charge in [-0.3, -0.25) is 0 Å². The molecule has 194 valence electrons. The van der Waals surface area contributed by atoms with Crippen molar-refractivity contribution in [1.29, 1.82) is 0 Å². The van der Waals surface area contributed by atoms with Gasteiger partial charge in [-0.25, -0.2) is 8.42 Å². The largest absolute Gasteiger partial charge is 0.534 e. The first kappa shape index (κ1) is 27.1. The molecule has 2 fully saturated rings. The lowest BCUT2D eigenvalue weighted by Gasteiger charge is -2.59. The Morgan fingerprint density at radius 2 is 1.62 bits per heavy atom. The predicted molar refractivity (Wildman–Crippen MR) is 122 cm³/mol. The molecule has 0 amide bonds. The van der Waals surface area contributed by atoms with Gasteiger partial charge >= 0.3 is 15.6 Å². The maximum Gasteiger partial charge on any atom is 0.534 e. The van der Waals surface area contributed by atoms with Crippen LogP contribution in [0.25, 0.3) is 0 Å². The standard InChI is InChI=1S/C23H33F3O6S2/c1-15-7-8-20-21(2,3)9-6-10-22(20,4)19(15)14-33(27,28)18-12-16(31-5)11-17(13-18)32-34(29,30)23(24,25)26/h11-13,15,19-20H,6-10,14H2,1-5H3. The molecule has 2 aliphatic rings. The molecule has 3 rings (SSSR count). The number of sulfone groups is 1. The number of benzene rings is 1. The first-order valence-electron chi connectivity index (χ1n) is 11.4. The van der Waals surface area contributed by atoms with Crippen molar-refractivity contribution >= 4 is 20.0 Å². The van der Waals surface area contributed by atoms with Crippen molar-refractivity contribution in [3.05, 3.63) is 18.2 Å². The molecule has 0 saturated heterocycles. The van der Waals surface area contributed by atoms with Gasteiger partial charge in [0, 0.05) is 12.1 Å². The molecule has 0 bridgehead atoms.